The molecule has 0 saturated heterocycles. The third-order valence-corrected chi connectivity index (χ3v) is 2.26. The second-order valence-electron chi connectivity index (χ2n) is 2.14. The van der Waals surface area contributed by atoms with Crippen LogP contribution in [-0.4, -0.2) is 13.3 Å². The molecule has 0 unspecified atom stereocenters. The smallest absolute Gasteiger partial charge is 0.141 e. The van der Waals surface area contributed by atoms with E-state index in [0.717, 1.165) is 14.9 Å². The van der Waals surface area contributed by atoms with Gasteiger partial charge in [0.2, 0.25) is 0 Å². The molecule has 0 spiro atoms. The maximum absolute atomic E-state index is 5.17. The van der Waals surface area contributed by atoms with Gasteiger partial charge in [-0.15, -0.1) is 0 Å². The zero-order chi connectivity index (χ0) is 8.97. The van der Waals surface area contributed by atoms with Crippen LogP contribution in [0.2, 0.25) is 0 Å². The van der Waals surface area contributed by atoms with Crippen molar-refractivity contribution in [2.45, 2.75) is 0 Å². The number of rotatable bonds is 2. The van der Waals surface area contributed by atoms with E-state index in [2.05, 4.69) is 27.7 Å². The van der Waals surface area contributed by atoms with Gasteiger partial charge in [-0.25, -0.2) is 0 Å². The molecule has 0 aliphatic heterocycles. The van der Waals surface area contributed by atoms with E-state index in [0.29, 0.717) is 0 Å². The zero-order valence-electron chi connectivity index (χ0n) is 6.62. The number of ether oxygens (including phenoxy) is 1. The van der Waals surface area contributed by atoms with Gasteiger partial charge in [0, 0.05) is 5.56 Å². The summed E-state index contributed by atoms with van der Waals surface area (Å²) in [6, 6.07) is 5.80. The first-order valence-electron chi connectivity index (χ1n) is 3.35. The van der Waals surface area contributed by atoms with Crippen LogP contribution in [-0.2, 0) is 0 Å². The molecule has 0 bridgehead atoms. The number of methoxy groups -OCH3 is 1. The van der Waals surface area contributed by atoms with Crippen LogP contribution in [0.1, 0.15) is 5.56 Å². The summed E-state index contributed by atoms with van der Waals surface area (Å²) in [6.45, 7) is 0. The molecular weight excluding hydrogens is 267 g/mol. The first-order chi connectivity index (χ1) is 5.79. The fourth-order valence-electron chi connectivity index (χ4n) is 0.923. The summed E-state index contributed by atoms with van der Waals surface area (Å²) >= 11 is 2.20. The van der Waals surface area contributed by atoms with Crippen LogP contribution in [0.3, 0.4) is 0 Å². The monoisotopic (exact) mass is 276 g/mol. The first-order valence-corrected chi connectivity index (χ1v) is 4.43. The Kier molecular flexibility index (Phi) is 3.33. The molecule has 0 radical (unpaired) electrons. The van der Waals surface area contributed by atoms with E-state index in [9.17, 15) is 0 Å². The molecule has 2 N–H and O–H groups in total. The number of hydrazone groups is 1. The Labute approximate surface area is 84.7 Å². The number of para-hydroxylation sites is 1. The van der Waals surface area contributed by atoms with Gasteiger partial charge in [0.1, 0.15) is 5.75 Å². The first kappa shape index (κ1) is 9.31. The lowest BCUT2D eigenvalue weighted by Gasteiger charge is -2.05. The van der Waals surface area contributed by atoms with E-state index in [4.69, 9.17) is 10.6 Å². The molecule has 4 heteroatoms. The van der Waals surface area contributed by atoms with Crippen LogP contribution in [0.4, 0.5) is 0 Å². The Morgan fingerprint density at radius 2 is 2.33 bits per heavy atom. The van der Waals surface area contributed by atoms with E-state index in [1.165, 1.54) is 0 Å². The van der Waals surface area contributed by atoms with Crippen LogP contribution >= 0.6 is 22.6 Å². The van der Waals surface area contributed by atoms with Gasteiger partial charge in [-0.2, -0.15) is 5.10 Å². The SMILES string of the molecule is COc1c(I)cccc1C=NN. The van der Waals surface area contributed by atoms with Crippen LogP contribution in [0.25, 0.3) is 0 Å². The standard InChI is InChI=1S/C8H9IN2O/c1-12-8-6(5-11-10)3-2-4-7(8)9/h2-5H,10H2,1H3. The van der Waals surface area contributed by atoms with Crippen LogP contribution in [0.15, 0.2) is 23.3 Å². The van der Waals surface area contributed by atoms with Crippen molar-refractivity contribution in [2.24, 2.45) is 10.9 Å². The van der Waals surface area contributed by atoms with Crippen molar-refractivity contribution < 1.29 is 4.74 Å². The van der Waals surface area contributed by atoms with Crippen molar-refractivity contribution in [3.63, 3.8) is 0 Å². The highest BCUT2D eigenvalue weighted by Crippen LogP contribution is 2.23. The zero-order valence-corrected chi connectivity index (χ0v) is 8.78. The summed E-state index contributed by atoms with van der Waals surface area (Å²) in [4.78, 5) is 0. The number of benzene rings is 1. The van der Waals surface area contributed by atoms with Crippen molar-refractivity contribution in [1.82, 2.24) is 0 Å². The highest BCUT2D eigenvalue weighted by atomic mass is 127. The minimum absolute atomic E-state index is 0.812. The summed E-state index contributed by atoms with van der Waals surface area (Å²) in [5.74, 6) is 5.86. The predicted molar refractivity (Wildman–Crippen MR) is 57.5 cm³/mol. The molecule has 64 valence electrons. The maximum Gasteiger partial charge on any atom is 0.141 e. The van der Waals surface area contributed by atoms with Crippen LogP contribution < -0.4 is 10.6 Å². The van der Waals surface area contributed by atoms with E-state index >= 15 is 0 Å². The number of nitrogens with two attached hydrogens (primary N) is 1. The Morgan fingerprint density at radius 1 is 1.58 bits per heavy atom. The average Bonchev–Trinajstić information content (AvgIpc) is 2.05. The van der Waals surface area contributed by atoms with Gasteiger partial charge in [-0.3, -0.25) is 0 Å². The predicted octanol–water partition coefficient (Wildman–Crippen LogP) is 1.59. The highest BCUT2D eigenvalue weighted by molar-refractivity contribution is 14.1. The molecule has 0 amide bonds. The van der Waals surface area contributed by atoms with Gasteiger partial charge < -0.3 is 10.6 Å². The van der Waals surface area contributed by atoms with Gasteiger partial charge in [-0.05, 0) is 34.7 Å². The van der Waals surface area contributed by atoms with E-state index < -0.39 is 0 Å². The molecule has 3 nitrogen and oxygen atoms in total. The number of hydrogen-bond acceptors (Lipinski definition) is 3. The van der Waals surface area contributed by atoms with E-state index in [1.54, 1.807) is 13.3 Å². The van der Waals surface area contributed by atoms with E-state index in [-0.39, 0.29) is 0 Å². The van der Waals surface area contributed by atoms with Gasteiger partial charge in [0.25, 0.3) is 0 Å². The topological polar surface area (TPSA) is 47.6 Å². The van der Waals surface area contributed by atoms with Gasteiger partial charge in [-0.1, -0.05) is 6.07 Å². The number of halogens is 1. The third kappa shape index (κ3) is 1.88. The molecule has 12 heavy (non-hydrogen) atoms. The Morgan fingerprint density at radius 3 is 2.92 bits per heavy atom. The molecule has 0 heterocycles. The normalized spacial score (nSPS) is 10.5. The maximum atomic E-state index is 5.17. The lowest BCUT2D eigenvalue weighted by molar-refractivity contribution is 0.411. The third-order valence-electron chi connectivity index (χ3n) is 1.42. The molecule has 0 saturated carbocycles. The highest BCUT2D eigenvalue weighted by Gasteiger charge is 2.03. The van der Waals surface area contributed by atoms with Crippen molar-refractivity contribution in [3.05, 3.63) is 27.3 Å². The summed E-state index contributed by atoms with van der Waals surface area (Å²) in [5.41, 5.74) is 0.895. The van der Waals surface area contributed by atoms with E-state index in [1.807, 2.05) is 18.2 Å². The fraction of sp³-hybridized carbons (Fsp3) is 0.125. The molecule has 0 aliphatic carbocycles. The van der Waals surface area contributed by atoms with Crippen molar-refractivity contribution >= 4 is 28.8 Å². The largest absolute Gasteiger partial charge is 0.495 e. The minimum atomic E-state index is 0.812. The summed E-state index contributed by atoms with van der Waals surface area (Å²) in [6.07, 6.45) is 1.57. The summed E-state index contributed by atoms with van der Waals surface area (Å²) in [7, 11) is 1.63. The lowest BCUT2D eigenvalue weighted by atomic mass is 10.2. The quantitative estimate of drug-likeness (QED) is 0.386. The summed E-state index contributed by atoms with van der Waals surface area (Å²) < 4.78 is 6.22. The minimum Gasteiger partial charge on any atom is -0.495 e. The fourth-order valence-corrected chi connectivity index (χ4v) is 1.66. The van der Waals surface area contributed by atoms with Crippen molar-refractivity contribution in [1.29, 1.82) is 0 Å². The average molecular weight is 276 g/mol. The Balaban J connectivity index is 3.18. The number of hydrogen-bond donors (Lipinski definition) is 1. The second-order valence-corrected chi connectivity index (χ2v) is 3.30. The van der Waals surface area contributed by atoms with Gasteiger partial charge in [0.15, 0.2) is 0 Å². The second kappa shape index (κ2) is 4.30. The lowest BCUT2D eigenvalue weighted by Crippen LogP contribution is -1.94. The van der Waals surface area contributed by atoms with Crippen LogP contribution in [0.5, 0.6) is 5.75 Å². The van der Waals surface area contributed by atoms with Gasteiger partial charge in [0.05, 0.1) is 16.9 Å². The molecule has 1 aromatic rings. The number of nitrogens with zero attached hydrogens (tertiary/aromatic N) is 1. The molecular formula is C8H9IN2O. The van der Waals surface area contributed by atoms with Crippen LogP contribution in [0, 0.1) is 3.57 Å². The van der Waals surface area contributed by atoms with Crippen molar-refractivity contribution in [2.75, 3.05) is 7.11 Å². The molecule has 1 rings (SSSR count). The summed E-state index contributed by atoms with van der Waals surface area (Å²) in [5, 5.41) is 3.45. The molecule has 1 aromatic carbocycles. The van der Waals surface area contributed by atoms with Crippen molar-refractivity contribution in [3.8, 4) is 5.75 Å². The molecule has 0 aromatic heterocycles. The Hall–Kier alpha value is -0.780. The Bertz CT molecular complexity index is 299. The van der Waals surface area contributed by atoms with Gasteiger partial charge >= 0.3 is 0 Å². The molecule has 0 aliphatic rings. The molecule has 0 fully saturated rings. The molecule has 0 atom stereocenters.